The van der Waals surface area contributed by atoms with Crippen LogP contribution in [0.5, 0.6) is 5.75 Å². The van der Waals surface area contributed by atoms with Crippen molar-refractivity contribution in [1.29, 1.82) is 0 Å². The van der Waals surface area contributed by atoms with Crippen molar-refractivity contribution in [2.24, 2.45) is 0 Å². The molecule has 1 aromatic carbocycles. The summed E-state index contributed by atoms with van der Waals surface area (Å²) in [6.45, 7) is 3.06. The Bertz CT molecular complexity index is 861. The van der Waals surface area contributed by atoms with Crippen LogP contribution >= 0.6 is 11.3 Å². The second-order valence-corrected chi connectivity index (χ2v) is 7.46. The molecule has 0 fully saturated rings. The van der Waals surface area contributed by atoms with Crippen LogP contribution in [0.1, 0.15) is 37.1 Å². The molecule has 1 N–H and O–H groups in total. The average molecular weight is 400 g/mol. The fraction of sp³-hybridized carbons (Fsp3) is 0.381. The zero-order valence-electron chi connectivity index (χ0n) is 16.0. The summed E-state index contributed by atoms with van der Waals surface area (Å²) in [6.07, 6.45) is 4.00. The van der Waals surface area contributed by atoms with E-state index in [1.807, 2.05) is 48.7 Å². The minimum absolute atomic E-state index is 0.0195. The molecule has 2 aromatic heterocycles. The van der Waals surface area contributed by atoms with Crippen molar-refractivity contribution < 1.29 is 14.1 Å². The van der Waals surface area contributed by atoms with Crippen molar-refractivity contribution in [1.82, 2.24) is 15.5 Å². The maximum atomic E-state index is 11.9. The minimum atomic E-state index is 0.0195. The van der Waals surface area contributed by atoms with E-state index < -0.39 is 0 Å². The van der Waals surface area contributed by atoms with Gasteiger partial charge in [-0.3, -0.25) is 4.79 Å². The van der Waals surface area contributed by atoms with Crippen LogP contribution in [-0.2, 0) is 11.2 Å². The van der Waals surface area contributed by atoms with Gasteiger partial charge in [0.05, 0.1) is 17.9 Å². The number of nitrogens with one attached hydrogen (secondary N) is 1. The molecule has 0 aliphatic heterocycles. The van der Waals surface area contributed by atoms with Crippen LogP contribution in [0.25, 0.3) is 10.7 Å². The fourth-order valence-electron chi connectivity index (χ4n) is 2.73. The number of carbonyl (C=O) groups excluding carboxylic acids is 1. The molecule has 0 aliphatic carbocycles. The maximum absolute atomic E-state index is 11.9. The first-order chi connectivity index (χ1) is 13.7. The van der Waals surface area contributed by atoms with Crippen molar-refractivity contribution in [3.8, 4) is 16.5 Å². The maximum Gasteiger partial charge on any atom is 0.226 e. The standard InChI is InChI=1S/C21H25N3O3S/c1-16-8-4-5-9-17(16)26-14-12-19(25)22-13-6-2-3-11-20-23-21(24-27-20)18-10-7-15-28-18/h4-5,7-10,15H,2-3,6,11-14H2,1H3,(H,22,25). The Hall–Kier alpha value is -2.67. The molecule has 0 saturated heterocycles. The Labute approximate surface area is 168 Å². The molecule has 0 radical (unpaired) electrons. The number of aryl methyl sites for hydroxylation is 2. The van der Waals surface area contributed by atoms with Crippen LogP contribution in [0, 0.1) is 6.92 Å². The molecule has 1 amide bonds. The Morgan fingerprint density at radius 3 is 2.89 bits per heavy atom. The van der Waals surface area contributed by atoms with E-state index in [0.29, 0.717) is 31.3 Å². The van der Waals surface area contributed by atoms with Gasteiger partial charge in [0, 0.05) is 13.0 Å². The number of para-hydroxylation sites is 1. The monoisotopic (exact) mass is 399 g/mol. The lowest BCUT2D eigenvalue weighted by Gasteiger charge is -2.09. The summed E-state index contributed by atoms with van der Waals surface area (Å²) in [5.74, 6) is 2.18. The van der Waals surface area contributed by atoms with E-state index in [0.717, 1.165) is 41.9 Å². The van der Waals surface area contributed by atoms with Crippen LogP contribution in [0.4, 0.5) is 0 Å². The molecule has 148 valence electrons. The van der Waals surface area contributed by atoms with Gasteiger partial charge in [-0.05, 0) is 42.8 Å². The van der Waals surface area contributed by atoms with E-state index in [4.69, 9.17) is 9.26 Å². The highest BCUT2D eigenvalue weighted by atomic mass is 32.1. The van der Waals surface area contributed by atoms with Gasteiger partial charge < -0.3 is 14.6 Å². The zero-order chi connectivity index (χ0) is 19.6. The summed E-state index contributed by atoms with van der Waals surface area (Å²) in [5.41, 5.74) is 1.08. The largest absolute Gasteiger partial charge is 0.493 e. The second kappa shape index (κ2) is 10.6. The van der Waals surface area contributed by atoms with Gasteiger partial charge in [0.25, 0.3) is 0 Å². The van der Waals surface area contributed by atoms with Crippen molar-refractivity contribution in [3.63, 3.8) is 0 Å². The predicted molar refractivity (Wildman–Crippen MR) is 109 cm³/mol. The van der Waals surface area contributed by atoms with Crippen LogP contribution in [0.2, 0.25) is 0 Å². The highest BCUT2D eigenvalue weighted by molar-refractivity contribution is 7.13. The zero-order valence-corrected chi connectivity index (χ0v) is 16.8. The van der Waals surface area contributed by atoms with E-state index in [2.05, 4.69) is 15.5 Å². The minimum Gasteiger partial charge on any atom is -0.493 e. The third kappa shape index (κ3) is 6.20. The number of nitrogens with zero attached hydrogens (tertiary/aromatic N) is 2. The first kappa shape index (κ1) is 20.1. The lowest BCUT2D eigenvalue weighted by atomic mass is 10.2. The quantitative estimate of drug-likeness (QED) is 0.484. The Morgan fingerprint density at radius 1 is 1.18 bits per heavy atom. The predicted octanol–water partition coefficient (Wildman–Crippen LogP) is 4.40. The van der Waals surface area contributed by atoms with E-state index >= 15 is 0 Å². The molecular weight excluding hydrogens is 374 g/mol. The summed E-state index contributed by atoms with van der Waals surface area (Å²) in [4.78, 5) is 17.3. The summed E-state index contributed by atoms with van der Waals surface area (Å²) < 4.78 is 10.9. The summed E-state index contributed by atoms with van der Waals surface area (Å²) in [6, 6.07) is 11.8. The van der Waals surface area contributed by atoms with Crippen LogP contribution < -0.4 is 10.1 Å². The van der Waals surface area contributed by atoms with Gasteiger partial charge in [-0.25, -0.2) is 0 Å². The molecule has 0 spiro atoms. The fourth-order valence-corrected chi connectivity index (χ4v) is 3.38. The molecule has 0 saturated carbocycles. The third-order valence-electron chi connectivity index (χ3n) is 4.28. The van der Waals surface area contributed by atoms with E-state index in [-0.39, 0.29) is 5.91 Å². The highest BCUT2D eigenvalue weighted by Gasteiger charge is 2.09. The lowest BCUT2D eigenvalue weighted by Crippen LogP contribution is -2.25. The first-order valence-corrected chi connectivity index (χ1v) is 10.4. The van der Waals surface area contributed by atoms with Gasteiger partial charge in [-0.15, -0.1) is 11.3 Å². The van der Waals surface area contributed by atoms with Gasteiger partial charge >= 0.3 is 0 Å². The molecule has 28 heavy (non-hydrogen) atoms. The molecule has 0 aliphatic rings. The van der Waals surface area contributed by atoms with Gasteiger partial charge in [-0.1, -0.05) is 35.8 Å². The summed E-state index contributed by atoms with van der Waals surface area (Å²) >= 11 is 1.60. The van der Waals surface area contributed by atoms with Crippen molar-refractivity contribution in [2.75, 3.05) is 13.2 Å². The number of rotatable bonds is 11. The Balaban J connectivity index is 1.23. The van der Waals surface area contributed by atoms with Crippen molar-refractivity contribution >= 4 is 17.2 Å². The average Bonchev–Trinajstić information content (AvgIpc) is 3.38. The number of hydrogen-bond acceptors (Lipinski definition) is 6. The molecule has 6 nitrogen and oxygen atoms in total. The molecule has 0 bridgehead atoms. The van der Waals surface area contributed by atoms with E-state index in [1.165, 1.54) is 0 Å². The molecule has 0 atom stereocenters. The topological polar surface area (TPSA) is 77.2 Å². The number of amides is 1. The molecule has 3 rings (SSSR count). The summed E-state index contributed by atoms with van der Waals surface area (Å²) in [7, 11) is 0. The lowest BCUT2D eigenvalue weighted by molar-refractivity contribution is -0.121. The van der Waals surface area contributed by atoms with Gasteiger partial charge in [0.2, 0.25) is 17.6 Å². The van der Waals surface area contributed by atoms with E-state index in [1.54, 1.807) is 11.3 Å². The van der Waals surface area contributed by atoms with Crippen LogP contribution in [0.15, 0.2) is 46.3 Å². The van der Waals surface area contributed by atoms with Crippen molar-refractivity contribution in [3.05, 3.63) is 53.2 Å². The van der Waals surface area contributed by atoms with Crippen molar-refractivity contribution in [2.45, 2.75) is 39.0 Å². The molecular formula is C21H25N3O3S. The number of carbonyl (C=O) groups is 1. The highest BCUT2D eigenvalue weighted by Crippen LogP contribution is 2.21. The second-order valence-electron chi connectivity index (χ2n) is 6.51. The number of unbranched alkanes of at least 4 members (excludes halogenated alkanes) is 2. The molecule has 7 heteroatoms. The van der Waals surface area contributed by atoms with Crippen LogP contribution in [0.3, 0.4) is 0 Å². The number of thiophene rings is 1. The smallest absolute Gasteiger partial charge is 0.226 e. The number of aromatic nitrogens is 2. The SMILES string of the molecule is Cc1ccccc1OCCC(=O)NCCCCCc1nc(-c2cccs2)no1. The Kier molecular flexibility index (Phi) is 7.61. The molecule has 2 heterocycles. The van der Waals surface area contributed by atoms with Crippen LogP contribution in [-0.4, -0.2) is 29.2 Å². The normalized spacial score (nSPS) is 10.8. The molecule has 0 unspecified atom stereocenters. The first-order valence-electron chi connectivity index (χ1n) is 9.54. The van der Waals surface area contributed by atoms with Gasteiger partial charge in [0.1, 0.15) is 5.75 Å². The number of benzene rings is 1. The third-order valence-corrected chi connectivity index (χ3v) is 5.15. The number of ether oxygens (including phenoxy) is 1. The molecule has 3 aromatic rings. The number of hydrogen-bond donors (Lipinski definition) is 1. The summed E-state index contributed by atoms with van der Waals surface area (Å²) in [5, 5.41) is 8.94. The Morgan fingerprint density at radius 2 is 2.07 bits per heavy atom. The van der Waals surface area contributed by atoms with Gasteiger partial charge in [0.15, 0.2) is 0 Å². The van der Waals surface area contributed by atoms with Gasteiger partial charge in [-0.2, -0.15) is 4.98 Å². The van der Waals surface area contributed by atoms with E-state index in [9.17, 15) is 4.79 Å².